The number of rotatable bonds is 3. The van der Waals surface area contributed by atoms with E-state index in [1.54, 1.807) is 30.3 Å². The zero-order valence-electron chi connectivity index (χ0n) is 14.0. The molecule has 128 valence electrons. The van der Waals surface area contributed by atoms with Crippen LogP contribution in [0.4, 0.5) is 0 Å². The van der Waals surface area contributed by atoms with Crippen LogP contribution in [0.15, 0.2) is 78.6 Å². The maximum Gasteiger partial charge on any atom is 0.340 e. The van der Waals surface area contributed by atoms with Crippen LogP contribution in [0, 0.1) is 11.8 Å². The summed E-state index contributed by atoms with van der Waals surface area (Å²) in [5.74, 6) is 5.87. The molecular weight excluding hydrogens is 348 g/mol. The standard InChI is InChI=1S/C22H15ClO3/c1-25-19(14-11-16-9-12-18(23)13-10-16)15-22(24)26-21-8-4-6-17-5-2-3-7-20(17)21/h2-10,12-13,15H,1H3/b19-15-. The first-order chi connectivity index (χ1) is 12.7. The predicted octanol–water partition coefficient (Wildman–Crippen LogP) is 4.98. The van der Waals surface area contributed by atoms with Gasteiger partial charge in [0.05, 0.1) is 13.2 Å². The topological polar surface area (TPSA) is 35.5 Å². The summed E-state index contributed by atoms with van der Waals surface area (Å²) in [5, 5.41) is 2.50. The Labute approximate surface area is 156 Å². The Hall–Kier alpha value is -3.22. The maximum atomic E-state index is 12.2. The Kier molecular flexibility index (Phi) is 5.58. The van der Waals surface area contributed by atoms with Gasteiger partial charge in [-0.15, -0.1) is 0 Å². The molecule has 0 aliphatic carbocycles. The van der Waals surface area contributed by atoms with Crippen LogP contribution in [0.25, 0.3) is 10.8 Å². The highest BCUT2D eigenvalue weighted by Gasteiger charge is 2.07. The van der Waals surface area contributed by atoms with Crippen LogP contribution in [-0.2, 0) is 9.53 Å². The molecule has 0 aliphatic rings. The number of hydrogen-bond acceptors (Lipinski definition) is 3. The minimum absolute atomic E-state index is 0.213. The summed E-state index contributed by atoms with van der Waals surface area (Å²) in [6.45, 7) is 0. The number of fused-ring (bicyclic) bond motifs is 1. The van der Waals surface area contributed by atoms with Crippen molar-refractivity contribution in [2.75, 3.05) is 7.11 Å². The molecule has 0 N–H and O–H groups in total. The number of methoxy groups -OCH3 is 1. The van der Waals surface area contributed by atoms with Gasteiger partial charge in [-0.2, -0.15) is 0 Å². The van der Waals surface area contributed by atoms with E-state index in [9.17, 15) is 4.79 Å². The molecular formula is C22H15ClO3. The Bertz CT molecular complexity index is 1020. The summed E-state index contributed by atoms with van der Waals surface area (Å²) in [6, 6.07) is 20.3. The number of carbonyl (C=O) groups is 1. The van der Waals surface area contributed by atoms with Crippen molar-refractivity contribution in [1.82, 2.24) is 0 Å². The van der Waals surface area contributed by atoms with E-state index in [-0.39, 0.29) is 5.76 Å². The quantitative estimate of drug-likeness (QED) is 0.217. The fraction of sp³-hybridized carbons (Fsp3) is 0.0455. The van der Waals surface area contributed by atoms with E-state index in [1.165, 1.54) is 13.2 Å². The molecule has 3 aromatic carbocycles. The first-order valence-corrected chi connectivity index (χ1v) is 8.26. The van der Waals surface area contributed by atoms with E-state index in [4.69, 9.17) is 21.1 Å². The number of benzene rings is 3. The van der Waals surface area contributed by atoms with Gasteiger partial charge in [-0.05, 0) is 41.6 Å². The molecule has 4 heteroatoms. The number of halogens is 1. The average molecular weight is 363 g/mol. The molecule has 0 spiro atoms. The lowest BCUT2D eigenvalue weighted by atomic mass is 10.1. The molecule has 0 heterocycles. The van der Waals surface area contributed by atoms with Gasteiger partial charge in [0.2, 0.25) is 0 Å². The fourth-order valence-electron chi connectivity index (χ4n) is 2.34. The van der Waals surface area contributed by atoms with E-state index < -0.39 is 5.97 Å². The Morgan fingerprint density at radius 2 is 1.73 bits per heavy atom. The number of ether oxygens (including phenoxy) is 2. The zero-order chi connectivity index (χ0) is 18.4. The highest BCUT2D eigenvalue weighted by Crippen LogP contribution is 2.25. The zero-order valence-corrected chi connectivity index (χ0v) is 14.8. The number of hydrogen-bond donors (Lipinski definition) is 0. The van der Waals surface area contributed by atoms with E-state index in [0.717, 1.165) is 16.3 Å². The van der Waals surface area contributed by atoms with Crippen LogP contribution in [0.2, 0.25) is 5.02 Å². The maximum absolute atomic E-state index is 12.2. The minimum Gasteiger partial charge on any atom is -0.488 e. The second kappa shape index (κ2) is 8.24. The van der Waals surface area contributed by atoms with Gasteiger partial charge in [0.25, 0.3) is 0 Å². The normalized spacial score (nSPS) is 10.8. The van der Waals surface area contributed by atoms with Gasteiger partial charge in [0.1, 0.15) is 5.75 Å². The predicted molar refractivity (Wildman–Crippen MR) is 103 cm³/mol. The second-order valence-electron chi connectivity index (χ2n) is 5.37. The summed E-state index contributed by atoms with van der Waals surface area (Å²) >= 11 is 5.84. The molecule has 3 aromatic rings. The smallest absolute Gasteiger partial charge is 0.340 e. The van der Waals surface area contributed by atoms with Crippen LogP contribution in [0.3, 0.4) is 0 Å². The number of allylic oxidation sites excluding steroid dienone is 1. The van der Waals surface area contributed by atoms with Crippen LogP contribution in [0.5, 0.6) is 5.75 Å². The first kappa shape index (κ1) is 17.6. The van der Waals surface area contributed by atoms with Crippen molar-refractivity contribution in [2.45, 2.75) is 0 Å². The molecule has 0 fully saturated rings. The summed E-state index contributed by atoms with van der Waals surface area (Å²) in [5.41, 5.74) is 0.764. The average Bonchev–Trinajstić information content (AvgIpc) is 2.66. The summed E-state index contributed by atoms with van der Waals surface area (Å²) < 4.78 is 10.6. The van der Waals surface area contributed by atoms with Gasteiger partial charge >= 0.3 is 5.97 Å². The van der Waals surface area contributed by atoms with Crippen molar-refractivity contribution >= 4 is 28.3 Å². The molecule has 3 rings (SSSR count). The molecule has 0 amide bonds. The third-order valence-electron chi connectivity index (χ3n) is 3.60. The fourth-order valence-corrected chi connectivity index (χ4v) is 2.47. The molecule has 0 aromatic heterocycles. The lowest BCUT2D eigenvalue weighted by Gasteiger charge is -2.06. The van der Waals surface area contributed by atoms with Crippen LogP contribution in [0.1, 0.15) is 5.56 Å². The summed E-state index contributed by atoms with van der Waals surface area (Å²) in [6.07, 6.45) is 1.23. The molecule has 0 saturated carbocycles. The Morgan fingerprint density at radius 3 is 2.50 bits per heavy atom. The number of esters is 1. The second-order valence-corrected chi connectivity index (χ2v) is 5.80. The Balaban J connectivity index is 1.79. The van der Waals surface area contributed by atoms with Crippen molar-refractivity contribution < 1.29 is 14.3 Å². The first-order valence-electron chi connectivity index (χ1n) is 7.88. The van der Waals surface area contributed by atoms with Crippen LogP contribution >= 0.6 is 11.6 Å². The third-order valence-corrected chi connectivity index (χ3v) is 3.86. The van der Waals surface area contributed by atoms with Gasteiger partial charge < -0.3 is 9.47 Å². The van der Waals surface area contributed by atoms with Crippen molar-refractivity contribution in [3.63, 3.8) is 0 Å². The van der Waals surface area contributed by atoms with Gasteiger partial charge in [-0.3, -0.25) is 0 Å². The summed E-state index contributed by atoms with van der Waals surface area (Å²) in [4.78, 5) is 12.2. The molecule has 0 atom stereocenters. The number of carbonyl (C=O) groups excluding carboxylic acids is 1. The van der Waals surface area contributed by atoms with E-state index >= 15 is 0 Å². The Morgan fingerprint density at radius 1 is 1.00 bits per heavy atom. The van der Waals surface area contributed by atoms with Crippen LogP contribution in [-0.4, -0.2) is 13.1 Å². The van der Waals surface area contributed by atoms with Crippen molar-refractivity contribution in [1.29, 1.82) is 0 Å². The van der Waals surface area contributed by atoms with E-state index in [0.29, 0.717) is 10.8 Å². The summed E-state index contributed by atoms with van der Waals surface area (Å²) in [7, 11) is 1.45. The van der Waals surface area contributed by atoms with Crippen LogP contribution < -0.4 is 4.74 Å². The van der Waals surface area contributed by atoms with E-state index in [1.807, 2.05) is 36.4 Å². The van der Waals surface area contributed by atoms with Crippen molar-refractivity contribution in [3.8, 4) is 17.6 Å². The van der Waals surface area contributed by atoms with Crippen molar-refractivity contribution in [2.24, 2.45) is 0 Å². The molecule has 0 unspecified atom stereocenters. The third kappa shape index (κ3) is 4.44. The highest BCUT2D eigenvalue weighted by atomic mass is 35.5. The monoisotopic (exact) mass is 362 g/mol. The molecule has 3 nitrogen and oxygen atoms in total. The molecule has 0 radical (unpaired) electrons. The SMILES string of the molecule is CO/C(C#Cc1ccc(Cl)cc1)=C\C(=O)Oc1cccc2ccccc12. The van der Waals surface area contributed by atoms with Gasteiger partial charge in [-0.1, -0.05) is 53.9 Å². The molecule has 26 heavy (non-hydrogen) atoms. The largest absolute Gasteiger partial charge is 0.488 e. The molecule has 0 bridgehead atoms. The van der Waals surface area contributed by atoms with Gasteiger partial charge in [0.15, 0.2) is 5.76 Å². The lowest BCUT2D eigenvalue weighted by molar-refractivity contribution is -0.129. The molecule has 0 saturated heterocycles. The lowest BCUT2D eigenvalue weighted by Crippen LogP contribution is -2.06. The van der Waals surface area contributed by atoms with E-state index in [2.05, 4.69) is 11.8 Å². The van der Waals surface area contributed by atoms with Gasteiger partial charge in [-0.25, -0.2) is 4.79 Å². The van der Waals surface area contributed by atoms with Crippen molar-refractivity contribution in [3.05, 3.63) is 89.2 Å². The molecule has 0 aliphatic heterocycles. The van der Waals surface area contributed by atoms with Gasteiger partial charge in [0, 0.05) is 16.0 Å². The highest BCUT2D eigenvalue weighted by molar-refractivity contribution is 6.30. The minimum atomic E-state index is -0.552.